The highest BCUT2D eigenvalue weighted by molar-refractivity contribution is 5.83. The Morgan fingerprint density at radius 2 is 1.84 bits per heavy atom. The molecule has 3 atom stereocenters. The smallest absolute Gasteiger partial charge is 0.403 e. The number of imidazole rings is 1. The first-order chi connectivity index (χ1) is 24.3. The van der Waals surface area contributed by atoms with Crippen LogP contribution in [-0.4, -0.2) is 49.5 Å². The van der Waals surface area contributed by atoms with Crippen LogP contribution < -0.4 is 26.8 Å². The lowest BCUT2D eigenvalue weighted by Gasteiger charge is -2.23. The number of halogens is 4. The highest BCUT2D eigenvalue weighted by Gasteiger charge is 2.33. The summed E-state index contributed by atoms with van der Waals surface area (Å²) >= 11 is 0. The van der Waals surface area contributed by atoms with Gasteiger partial charge in [-0.3, -0.25) is 4.57 Å². The second-order valence-corrected chi connectivity index (χ2v) is 13.6. The summed E-state index contributed by atoms with van der Waals surface area (Å²) in [7, 11) is 0. The van der Waals surface area contributed by atoms with Gasteiger partial charge in [-0.25, -0.2) is 14.2 Å². The van der Waals surface area contributed by atoms with Gasteiger partial charge in [0, 0.05) is 47.5 Å². The summed E-state index contributed by atoms with van der Waals surface area (Å²) in [6, 6.07) is 12.3. The van der Waals surface area contributed by atoms with Gasteiger partial charge in [-0.05, 0) is 101 Å². The van der Waals surface area contributed by atoms with Crippen LogP contribution in [0.1, 0.15) is 80.4 Å². The zero-order valence-corrected chi connectivity index (χ0v) is 29.0. The SMILES string of the molecule is Cc1nc(NCC[C@@H]2CCCC[C@@H](c3ccc(-n4cc5cc(-c6cc(CCC[C@H](C)N)cc(OC(F)(F)F)c6F)[nH]c5nc4=O)cc3)N2)[nH]c1C. The summed E-state index contributed by atoms with van der Waals surface area (Å²) in [5.41, 5.74) is 9.73. The topological polar surface area (TPSA) is 139 Å². The van der Waals surface area contributed by atoms with Crippen LogP contribution in [-0.2, 0) is 6.42 Å². The monoisotopic (exact) mass is 708 g/mol. The number of aryl methyl sites for hydroxylation is 3. The molecule has 0 unspecified atom stereocenters. The fraction of sp³-hybridized carbons (Fsp3) is 0.432. The van der Waals surface area contributed by atoms with Crippen LogP contribution >= 0.6 is 0 Å². The number of nitrogens with two attached hydrogens (primary N) is 1. The van der Waals surface area contributed by atoms with E-state index in [1.165, 1.54) is 10.6 Å². The minimum atomic E-state index is -5.08. The highest BCUT2D eigenvalue weighted by Crippen LogP contribution is 2.35. The number of ether oxygens (including phenoxy) is 1. The maximum atomic E-state index is 15.5. The number of rotatable bonds is 12. The van der Waals surface area contributed by atoms with Crippen molar-refractivity contribution in [1.29, 1.82) is 0 Å². The van der Waals surface area contributed by atoms with Crippen LogP contribution in [0, 0.1) is 19.7 Å². The van der Waals surface area contributed by atoms with Gasteiger partial charge in [0.1, 0.15) is 5.65 Å². The third-order valence-electron chi connectivity index (χ3n) is 9.47. The average molecular weight is 709 g/mol. The van der Waals surface area contributed by atoms with Crippen molar-refractivity contribution in [2.75, 3.05) is 11.9 Å². The minimum absolute atomic E-state index is 0.0824. The lowest BCUT2D eigenvalue weighted by Crippen LogP contribution is -2.33. The van der Waals surface area contributed by atoms with Crippen molar-refractivity contribution in [3.63, 3.8) is 0 Å². The molecule has 0 saturated carbocycles. The van der Waals surface area contributed by atoms with E-state index < -0.39 is 23.6 Å². The van der Waals surface area contributed by atoms with Crippen LogP contribution in [0.3, 0.4) is 0 Å². The van der Waals surface area contributed by atoms with E-state index >= 15 is 4.39 Å². The van der Waals surface area contributed by atoms with Crippen molar-refractivity contribution in [2.24, 2.45) is 5.73 Å². The van der Waals surface area contributed by atoms with Gasteiger partial charge in [0.05, 0.1) is 17.1 Å². The lowest BCUT2D eigenvalue weighted by molar-refractivity contribution is -0.275. The summed E-state index contributed by atoms with van der Waals surface area (Å²) in [5.74, 6) is -1.31. The van der Waals surface area contributed by atoms with Crippen molar-refractivity contribution in [1.82, 2.24) is 29.8 Å². The van der Waals surface area contributed by atoms with E-state index in [1.807, 2.05) is 45.0 Å². The van der Waals surface area contributed by atoms with Crippen LogP contribution in [0.2, 0.25) is 0 Å². The van der Waals surface area contributed by atoms with Crippen molar-refractivity contribution in [2.45, 2.75) is 96.6 Å². The number of hydrogen-bond donors (Lipinski definition) is 5. The van der Waals surface area contributed by atoms with Crippen molar-refractivity contribution in [3.8, 4) is 22.7 Å². The van der Waals surface area contributed by atoms with E-state index in [0.29, 0.717) is 41.9 Å². The fourth-order valence-electron chi connectivity index (χ4n) is 6.69. The predicted octanol–water partition coefficient (Wildman–Crippen LogP) is 7.50. The number of H-pyrrole nitrogens is 2. The molecular weight excluding hydrogens is 664 g/mol. The second kappa shape index (κ2) is 15.3. The Balaban J connectivity index is 1.20. The highest BCUT2D eigenvalue weighted by atomic mass is 19.4. The minimum Gasteiger partial charge on any atom is -0.403 e. The van der Waals surface area contributed by atoms with Gasteiger partial charge < -0.3 is 31.1 Å². The summed E-state index contributed by atoms with van der Waals surface area (Å²) in [5, 5.41) is 7.70. The standard InChI is InChI=1S/C37H44F4N8O2/c1-21(42)7-6-8-24-17-29(33(38)32(18-24)51-37(39,40)41)31-19-26-20-49(36(50)48-34(26)47-31)28-13-11-25(12-14-28)30-10-5-4-9-27(46-30)15-16-43-35-44-22(2)23(3)45-35/h11-14,17-21,27,30,46H,4-10,15-16,42H2,1-3H3,(H2,43,44,45)(H,47,48,50)/t21-,27-,30-/m0/s1. The van der Waals surface area contributed by atoms with Crippen molar-refractivity contribution >= 4 is 17.0 Å². The van der Waals surface area contributed by atoms with E-state index in [9.17, 15) is 18.0 Å². The molecule has 0 spiro atoms. The number of aromatic amines is 2. The maximum absolute atomic E-state index is 15.5. The Hall–Kier alpha value is -4.69. The van der Waals surface area contributed by atoms with Gasteiger partial charge in [-0.15, -0.1) is 13.2 Å². The molecule has 6 N–H and O–H groups in total. The average Bonchev–Trinajstić information content (AvgIpc) is 3.52. The Morgan fingerprint density at radius 3 is 2.55 bits per heavy atom. The third kappa shape index (κ3) is 8.98. The summed E-state index contributed by atoms with van der Waals surface area (Å²) in [4.78, 5) is 28.0. The van der Waals surface area contributed by atoms with Gasteiger partial charge in [0.2, 0.25) is 5.95 Å². The van der Waals surface area contributed by atoms with E-state index in [-0.39, 0.29) is 29.0 Å². The summed E-state index contributed by atoms with van der Waals surface area (Å²) < 4.78 is 60.4. The molecule has 51 heavy (non-hydrogen) atoms. The molecule has 2 aromatic carbocycles. The van der Waals surface area contributed by atoms with Gasteiger partial charge in [0.25, 0.3) is 0 Å². The molecule has 0 radical (unpaired) electrons. The fourth-order valence-corrected chi connectivity index (χ4v) is 6.69. The first-order valence-electron chi connectivity index (χ1n) is 17.4. The first-order valence-corrected chi connectivity index (χ1v) is 17.4. The van der Waals surface area contributed by atoms with E-state index in [0.717, 1.165) is 67.6 Å². The molecule has 1 saturated heterocycles. The van der Waals surface area contributed by atoms with Gasteiger partial charge in [0.15, 0.2) is 11.6 Å². The molecule has 10 nitrogen and oxygen atoms in total. The zero-order chi connectivity index (χ0) is 36.3. The quantitative estimate of drug-likeness (QED) is 0.0846. The zero-order valence-electron chi connectivity index (χ0n) is 29.0. The van der Waals surface area contributed by atoms with Gasteiger partial charge in [-0.1, -0.05) is 25.0 Å². The number of aromatic nitrogens is 5. The number of alkyl halides is 3. The maximum Gasteiger partial charge on any atom is 0.573 e. The number of fused-ring (bicyclic) bond motifs is 1. The molecule has 0 aliphatic carbocycles. The first kappa shape index (κ1) is 36.1. The molecule has 1 aliphatic heterocycles. The molecule has 6 rings (SSSR count). The second-order valence-electron chi connectivity index (χ2n) is 13.6. The van der Waals surface area contributed by atoms with E-state index in [2.05, 4.69) is 35.3 Å². The summed E-state index contributed by atoms with van der Waals surface area (Å²) in [6.45, 7) is 6.62. The van der Waals surface area contributed by atoms with Crippen LogP contribution in [0.25, 0.3) is 28.0 Å². The van der Waals surface area contributed by atoms with Crippen LogP contribution in [0.5, 0.6) is 5.75 Å². The molecular formula is C37H44F4N8O2. The molecule has 4 heterocycles. The predicted molar refractivity (Wildman–Crippen MR) is 190 cm³/mol. The Kier molecular flexibility index (Phi) is 10.8. The van der Waals surface area contributed by atoms with Gasteiger partial charge in [-0.2, -0.15) is 4.98 Å². The number of nitrogens with one attached hydrogen (secondary N) is 4. The Morgan fingerprint density at radius 1 is 1.08 bits per heavy atom. The van der Waals surface area contributed by atoms with Crippen LogP contribution in [0.15, 0.2) is 53.5 Å². The number of nitrogens with zero attached hydrogens (tertiary/aromatic N) is 3. The van der Waals surface area contributed by atoms with Crippen molar-refractivity contribution in [3.05, 3.63) is 87.5 Å². The molecule has 5 aromatic rings. The lowest BCUT2D eigenvalue weighted by atomic mass is 10.0. The Labute approximate surface area is 293 Å². The molecule has 1 aliphatic rings. The number of anilines is 1. The number of benzene rings is 2. The number of hydrogen-bond acceptors (Lipinski definition) is 7. The molecule has 14 heteroatoms. The third-order valence-corrected chi connectivity index (χ3v) is 9.47. The van der Waals surface area contributed by atoms with E-state index in [1.54, 1.807) is 12.3 Å². The molecule has 3 aromatic heterocycles. The molecule has 0 bridgehead atoms. The molecule has 272 valence electrons. The molecule has 1 fully saturated rings. The normalized spacial score (nSPS) is 17.4. The Bertz CT molecular complexity index is 2000. The molecule has 0 amide bonds. The summed E-state index contributed by atoms with van der Waals surface area (Å²) in [6.07, 6.45) is 3.42. The van der Waals surface area contributed by atoms with Crippen molar-refractivity contribution < 1.29 is 22.3 Å². The van der Waals surface area contributed by atoms with Gasteiger partial charge >= 0.3 is 12.1 Å². The van der Waals surface area contributed by atoms with E-state index in [4.69, 9.17) is 5.73 Å². The van der Waals surface area contributed by atoms with Crippen LogP contribution in [0.4, 0.5) is 23.5 Å². The largest absolute Gasteiger partial charge is 0.573 e.